The lowest BCUT2D eigenvalue weighted by Gasteiger charge is -2.20. The fourth-order valence-corrected chi connectivity index (χ4v) is 1.18. The molecule has 0 radical (unpaired) electrons. The van der Waals surface area contributed by atoms with Crippen molar-refractivity contribution in [1.82, 2.24) is 9.80 Å². The van der Waals surface area contributed by atoms with E-state index in [1.807, 2.05) is 39.9 Å². The molecule has 0 unspecified atom stereocenters. The van der Waals surface area contributed by atoms with E-state index in [1.165, 1.54) is 0 Å². The van der Waals surface area contributed by atoms with E-state index in [0.717, 1.165) is 19.5 Å². The molecule has 0 saturated heterocycles. The lowest BCUT2D eigenvalue weighted by atomic mass is 10.2. The maximum Gasteiger partial charge on any atom is 0.224 e. The van der Waals surface area contributed by atoms with E-state index in [1.54, 1.807) is 0 Å². The number of rotatable bonds is 5. The Morgan fingerprint density at radius 1 is 1.15 bits per heavy atom. The maximum absolute atomic E-state index is 11.4. The molecule has 0 heterocycles. The summed E-state index contributed by atoms with van der Waals surface area (Å²) >= 11 is 0. The summed E-state index contributed by atoms with van der Waals surface area (Å²) in [5.41, 5.74) is 0. The van der Waals surface area contributed by atoms with Gasteiger partial charge >= 0.3 is 0 Å². The fourth-order valence-electron chi connectivity index (χ4n) is 1.18. The van der Waals surface area contributed by atoms with Gasteiger partial charge in [-0.3, -0.25) is 4.79 Å². The monoisotopic (exact) mass is 186 g/mol. The average molecular weight is 186 g/mol. The van der Waals surface area contributed by atoms with Crippen LogP contribution in [0.4, 0.5) is 0 Å². The largest absolute Gasteiger partial charge is 0.345 e. The van der Waals surface area contributed by atoms with E-state index < -0.39 is 0 Å². The van der Waals surface area contributed by atoms with Crippen LogP contribution in [0.3, 0.4) is 0 Å². The van der Waals surface area contributed by atoms with Gasteiger partial charge < -0.3 is 9.80 Å². The second-order valence-corrected chi connectivity index (χ2v) is 4.07. The van der Waals surface area contributed by atoms with Gasteiger partial charge in [0.1, 0.15) is 0 Å². The highest BCUT2D eigenvalue weighted by atomic mass is 16.2. The number of hydrogen-bond acceptors (Lipinski definition) is 2. The summed E-state index contributed by atoms with van der Waals surface area (Å²) in [5.74, 6) is 0.350. The third-order valence-corrected chi connectivity index (χ3v) is 1.97. The van der Waals surface area contributed by atoms with Crippen molar-refractivity contribution in [2.75, 3.05) is 34.2 Å². The van der Waals surface area contributed by atoms with Crippen LogP contribution in [0, 0.1) is 5.92 Å². The molecule has 0 aliphatic rings. The summed E-state index contributed by atoms with van der Waals surface area (Å²) in [6.07, 6.45) is 1.04. The molecule has 3 nitrogen and oxygen atoms in total. The molecule has 0 atom stereocenters. The molecule has 0 spiro atoms. The summed E-state index contributed by atoms with van der Waals surface area (Å²) in [5, 5.41) is 0. The van der Waals surface area contributed by atoms with Gasteiger partial charge in [-0.15, -0.1) is 0 Å². The number of amides is 1. The second-order valence-electron chi connectivity index (χ2n) is 4.07. The van der Waals surface area contributed by atoms with Crippen molar-refractivity contribution in [2.24, 2.45) is 5.92 Å². The topological polar surface area (TPSA) is 23.6 Å². The van der Waals surface area contributed by atoms with Gasteiger partial charge in [-0.05, 0) is 27.1 Å². The molecule has 0 saturated carbocycles. The van der Waals surface area contributed by atoms with Gasteiger partial charge in [0.05, 0.1) is 0 Å². The van der Waals surface area contributed by atoms with Crippen LogP contribution < -0.4 is 0 Å². The van der Waals surface area contributed by atoms with Crippen molar-refractivity contribution in [2.45, 2.75) is 20.3 Å². The Balaban J connectivity index is 3.62. The van der Waals surface area contributed by atoms with Crippen LogP contribution in [0.1, 0.15) is 20.3 Å². The summed E-state index contributed by atoms with van der Waals surface area (Å²) in [6, 6.07) is 0. The minimum absolute atomic E-state index is 0.115. The van der Waals surface area contributed by atoms with Gasteiger partial charge in [0, 0.05) is 19.5 Å². The van der Waals surface area contributed by atoms with E-state index in [-0.39, 0.29) is 11.8 Å². The Kier molecular flexibility index (Phi) is 5.71. The highest BCUT2D eigenvalue weighted by Gasteiger charge is 2.11. The molecule has 0 aromatic carbocycles. The molecule has 0 rings (SSSR count). The van der Waals surface area contributed by atoms with Crippen LogP contribution in [0.2, 0.25) is 0 Å². The molecule has 13 heavy (non-hydrogen) atoms. The highest BCUT2D eigenvalue weighted by Crippen LogP contribution is 1.99. The zero-order valence-electron chi connectivity index (χ0n) is 9.50. The first kappa shape index (κ1) is 12.4. The Hall–Kier alpha value is -0.570. The van der Waals surface area contributed by atoms with Gasteiger partial charge in [0.2, 0.25) is 5.91 Å². The minimum atomic E-state index is 0.115. The second kappa shape index (κ2) is 5.97. The normalized spacial score (nSPS) is 11.0. The Morgan fingerprint density at radius 2 is 1.69 bits per heavy atom. The van der Waals surface area contributed by atoms with Gasteiger partial charge in [-0.1, -0.05) is 13.8 Å². The summed E-state index contributed by atoms with van der Waals surface area (Å²) < 4.78 is 0. The van der Waals surface area contributed by atoms with Crippen molar-refractivity contribution in [1.29, 1.82) is 0 Å². The zero-order valence-corrected chi connectivity index (χ0v) is 9.50. The van der Waals surface area contributed by atoms with E-state index in [9.17, 15) is 4.79 Å². The SMILES string of the molecule is CC(C)C(=O)N(C)CCCN(C)C. The summed E-state index contributed by atoms with van der Waals surface area (Å²) in [7, 11) is 5.96. The molecule has 0 N–H and O–H groups in total. The number of carbonyl (C=O) groups excluding carboxylic acids is 1. The maximum atomic E-state index is 11.4. The zero-order chi connectivity index (χ0) is 10.4. The molecule has 0 aliphatic carbocycles. The molecular formula is C10H22N2O. The van der Waals surface area contributed by atoms with E-state index in [0.29, 0.717) is 0 Å². The first-order valence-corrected chi connectivity index (χ1v) is 4.85. The fraction of sp³-hybridized carbons (Fsp3) is 0.900. The quantitative estimate of drug-likeness (QED) is 0.641. The molecule has 0 bridgehead atoms. The van der Waals surface area contributed by atoms with Gasteiger partial charge in [0.25, 0.3) is 0 Å². The summed E-state index contributed by atoms with van der Waals surface area (Å²) in [4.78, 5) is 15.4. The standard InChI is InChI=1S/C10H22N2O/c1-9(2)10(13)12(5)8-6-7-11(3)4/h9H,6-8H2,1-5H3. The minimum Gasteiger partial charge on any atom is -0.345 e. The van der Waals surface area contributed by atoms with E-state index in [2.05, 4.69) is 4.90 Å². The van der Waals surface area contributed by atoms with Crippen LogP contribution >= 0.6 is 0 Å². The molecule has 1 amide bonds. The molecule has 3 heteroatoms. The van der Waals surface area contributed by atoms with E-state index in [4.69, 9.17) is 0 Å². The smallest absolute Gasteiger partial charge is 0.224 e. The molecule has 78 valence electrons. The lowest BCUT2D eigenvalue weighted by Crippen LogP contribution is -2.32. The number of nitrogens with zero attached hydrogens (tertiary/aromatic N) is 2. The third kappa shape index (κ3) is 5.64. The Morgan fingerprint density at radius 3 is 2.08 bits per heavy atom. The predicted octanol–water partition coefficient (Wildman–Crippen LogP) is 1.05. The van der Waals surface area contributed by atoms with Gasteiger partial charge in [-0.2, -0.15) is 0 Å². The first-order chi connectivity index (χ1) is 5.95. The summed E-state index contributed by atoms with van der Waals surface area (Å²) in [6.45, 7) is 5.76. The Bertz CT molecular complexity index is 155. The van der Waals surface area contributed by atoms with Crippen molar-refractivity contribution in [3.8, 4) is 0 Å². The van der Waals surface area contributed by atoms with Crippen molar-refractivity contribution < 1.29 is 4.79 Å². The van der Waals surface area contributed by atoms with Gasteiger partial charge in [-0.25, -0.2) is 0 Å². The molecule has 0 aromatic rings. The molecule has 0 fully saturated rings. The number of carbonyl (C=O) groups is 1. The highest BCUT2D eigenvalue weighted by molar-refractivity contribution is 5.77. The lowest BCUT2D eigenvalue weighted by molar-refractivity contribution is -0.133. The third-order valence-electron chi connectivity index (χ3n) is 1.97. The van der Waals surface area contributed by atoms with Crippen LogP contribution in [-0.2, 0) is 4.79 Å². The first-order valence-electron chi connectivity index (χ1n) is 4.85. The van der Waals surface area contributed by atoms with Crippen molar-refractivity contribution in [3.63, 3.8) is 0 Å². The molecule has 0 aliphatic heterocycles. The molecule has 0 aromatic heterocycles. The van der Waals surface area contributed by atoms with Crippen molar-refractivity contribution in [3.05, 3.63) is 0 Å². The van der Waals surface area contributed by atoms with E-state index >= 15 is 0 Å². The van der Waals surface area contributed by atoms with Crippen molar-refractivity contribution >= 4 is 5.91 Å². The van der Waals surface area contributed by atoms with Crippen LogP contribution in [-0.4, -0.2) is 49.9 Å². The Labute approximate surface area is 81.7 Å². The number of hydrogen-bond donors (Lipinski definition) is 0. The molecular weight excluding hydrogens is 164 g/mol. The van der Waals surface area contributed by atoms with Crippen LogP contribution in [0.25, 0.3) is 0 Å². The predicted molar refractivity (Wildman–Crippen MR) is 55.6 cm³/mol. The van der Waals surface area contributed by atoms with Crippen LogP contribution in [0.5, 0.6) is 0 Å². The van der Waals surface area contributed by atoms with Crippen LogP contribution in [0.15, 0.2) is 0 Å². The van der Waals surface area contributed by atoms with Gasteiger partial charge in [0.15, 0.2) is 0 Å². The average Bonchev–Trinajstić information content (AvgIpc) is 2.02.